The number of unbranched alkanes of at least 4 members (excludes halogenated alkanes) is 2. The van der Waals surface area contributed by atoms with E-state index in [1.165, 1.54) is 25.7 Å². The van der Waals surface area contributed by atoms with Crippen LogP contribution in [0.3, 0.4) is 0 Å². The van der Waals surface area contributed by atoms with Gasteiger partial charge in [-0.25, -0.2) is 0 Å². The first kappa shape index (κ1) is 24.9. The molecule has 0 bridgehead atoms. The summed E-state index contributed by atoms with van der Waals surface area (Å²) in [6.45, 7) is 5.23. The van der Waals surface area contributed by atoms with Crippen LogP contribution in [-0.4, -0.2) is 20.8 Å². The zero-order valence-electron chi connectivity index (χ0n) is 20.6. The van der Waals surface area contributed by atoms with Gasteiger partial charge in [-0.3, -0.25) is 0 Å². The maximum absolute atomic E-state index is 7.04. The minimum atomic E-state index is -0.724. The summed E-state index contributed by atoms with van der Waals surface area (Å²) in [5, 5.41) is 0. The van der Waals surface area contributed by atoms with Gasteiger partial charge in [-0.05, 0) is 53.3 Å². The van der Waals surface area contributed by atoms with Crippen molar-refractivity contribution in [2.75, 3.05) is 20.8 Å². The lowest BCUT2D eigenvalue weighted by molar-refractivity contribution is -0.0108. The number of rotatable bonds is 13. The third kappa shape index (κ3) is 5.97. The number of methoxy groups -OCH3 is 2. The highest BCUT2D eigenvalue weighted by Gasteiger charge is 2.38. The SMILES string of the molecule is CCCCCC(CC)COC(c1ccccc1)(c1ccc(OC)cc1)c1ccc(OC)cc1. The number of hydrogen-bond donors (Lipinski definition) is 0. The first-order valence-corrected chi connectivity index (χ1v) is 12.2. The third-order valence-electron chi connectivity index (χ3n) is 6.50. The van der Waals surface area contributed by atoms with Gasteiger partial charge in [-0.1, -0.05) is 94.1 Å². The molecule has 176 valence electrons. The molecule has 0 aromatic heterocycles. The van der Waals surface area contributed by atoms with E-state index in [-0.39, 0.29) is 0 Å². The highest BCUT2D eigenvalue weighted by molar-refractivity contribution is 5.49. The maximum atomic E-state index is 7.04. The molecule has 3 aromatic carbocycles. The van der Waals surface area contributed by atoms with E-state index in [0.29, 0.717) is 12.5 Å². The van der Waals surface area contributed by atoms with Gasteiger partial charge in [0.25, 0.3) is 0 Å². The molecule has 0 amide bonds. The molecule has 0 aliphatic heterocycles. The van der Waals surface area contributed by atoms with Crippen LogP contribution in [0.15, 0.2) is 78.9 Å². The van der Waals surface area contributed by atoms with Crippen molar-refractivity contribution < 1.29 is 14.2 Å². The molecule has 0 aliphatic rings. The fraction of sp³-hybridized carbons (Fsp3) is 0.400. The average molecular weight is 447 g/mol. The normalized spacial score (nSPS) is 12.4. The molecule has 3 aromatic rings. The molecule has 3 rings (SSSR count). The highest BCUT2D eigenvalue weighted by atomic mass is 16.5. The zero-order valence-corrected chi connectivity index (χ0v) is 20.6. The van der Waals surface area contributed by atoms with Crippen molar-refractivity contribution in [2.24, 2.45) is 5.92 Å². The molecule has 33 heavy (non-hydrogen) atoms. The van der Waals surface area contributed by atoms with Gasteiger partial charge in [0.05, 0.1) is 20.8 Å². The maximum Gasteiger partial charge on any atom is 0.143 e. The molecule has 3 heteroatoms. The first-order chi connectivity index (χ1) is 16.2. The predicted molar refractivity (Wildman–Crippen MR) is 136 cm³/mol. The van der Waals surface area contributed by atoms with E-state index < -0.39 is 5.60 Å². The summed E-state index contributed by atoms with van der Waals surface area (Å²) in [6.07, 6.45) is 6.07. The van der Waals surface area contributed by atoms with Gasteiger partial charge in [0.1, 0.15) is 17.1 Å². The molecule has 0 saturated carbocycles. The van der Waals surface area contributed by atoms with Gasteiger partial charge in [0.2, 0.25) is 0 Å². The average Bonchev–Trinajstić information content (AvgIpc) is 2.89. The third-order valence-corrected chi connectivity index (χ3v) is 6.50. The van der Waals surface area contributed by atoms with Gasteiger partial charge in [0.15, 0.2) is 0 Å². The number of hydrogen-bond acceptors (Lipinski definition) is 3. The van der Waals surface area contributed by atoms with E-state index in [9.17, 15) is 0 Å². The van der Waals surface area contributed by atoms with Crippen molar-refractivity contribution in [3.8, 4) is 11.5 Å². The van der Waals surface area contributed by atoms with Crippen LogP contribution in [0.1, 0.15) is 62.6 Å². The molecule has 0 aliphatic carbocycles. The topological polar surface area (TPSA) is 27.7 Å². The molecular formula is C30H38O3. The first-order valence-electron chi connectivity index (χ1n) is 12.2. The summed E-state index contributed by atoms with van der Waals surface area (Å²) in [6, 6.07) is 27.1. The van der Waals surface area contributed by atoms with Crippen LogP contribution in [0.4, 0.5) is 0 Å². The standard InChI is InChI=1S/C30H38O3/c1-5-7-9-12-24(6-2)23-33-30(25-13-10-8-11-14-25,26-15-19-28(31-3)20-16-26)27-17-21-29(32-4)22-18-27/h8,10-11,13-22,24H,5-7,9,12,23H2,1-4H3. The van der Waals surface area contributed by atoms with Crippen LogP contribution in [0.2, 0.25) is 0 Å². The van der Waals surface area contributed by atoms with Crippen LogP contribution in [0.5, 0.6) is 11.5 Å². The lowest BCUT2D eigenvalue weighted by atomic mass is 9.79. The smallest absolute Gasteiger partial charge is 0.143 e. The quantitative estimate of drug-likeness (QED) is 0.200. The molecule has 0 radical (unpaired) electrons. The fourth-order valence-electron chi connectivity index (χ4n) is 4.41. The minimum absolute atomic E-state index is 0.524. The summed E-state index contributed by atoms with van der Waals surface area (Å²) in [5.41, 5.74) is 2.56. The highest BCUT2D eigenvalue weighted by Crippen LogP contribution is 2.42. The Morgan fingerprint density at radius 1 is 0.667 bits per heavy atom. The summed E-state index contributed by atoms with van der Waals surface area (Å²) in [7, 11) is 3.39. The second-order valence-corrected chi connectivity index (χ2v) is 8.59. The van der Waals surface area contributed by atoms with Gasteiger partial charge in [0, 0.05) is 0 Å². The van der Waals surface area contributed by atoms with Crippen molar-refractivity contribution in [3.05, 3.63) is 95.6 Å². The Labute approximate surface area is 199 Å². The zero-order chi connectivity index (χ0) is 23.5. The number of benzene rings is 3. The van der Waals surface area contributed by atoms with E-state index in [1.54, 1.807) is 14.2 Å². The Morgan fingerprint density at radius 3 is 1.64 bits per heavy atom. The Bertz CT molecular complexity index is 885. The van der Waals surface area contributed by atoms with Crippen molar-refractivity contribution in [3.63, 3.8) is 0 Å². The van der Waals surface area contributed by atoms with Crippen molar-refractivity contribution in [1.29, 1.82) is 0 Å². The molecule has 3 nitrogen and oxygen atoms in total. The lowest BCUT2D eigenvalue weighted by Gasteiger charge is -2.37. The van der Waals surface area contributed by atoms with Crippen LogP contribution < -0.4 is 9.47 Å². The molecular weight excluding hydrogens is 408 g/mol. The summed E-state index contributed by atoms with van der Waals surface area (Å²) < 4.78 is 17.9. The summed E-state index contributed by atoms with van der Waals surface area (Å²) >= 11 is 0. The van der Waals surface area contributed by atoms with Crippen molar-refractivity contribution >= 4 is 0 Å². The number of ether oxygens (including phenoxy) is 3. The molecule has 0 spiro atoms. The van der Waals surface area contributed by atoms with E-state index in [4.69, 9.17) is 14.2 Å². The molecule has 1 unspecified atom stereocenters. The molecule has 0 fully saturated rings. The van der Waals surface area contributed by atoms with Gasteiger partial charge in [-0.15, -0.1) is 0 Å². The minimum Gasteiger partial charge on any atom is -0.497 e. The molecule has 0 heterocycles. The summed E-state index contributed by atoms with van der Waals surface area (Å²) in [4.78, 5) is 0. The van der Waals surface area contributed by atoms with E-state index in [0.717, 1.165) is 34.6 Å². The van der Waals surface area contributed by atoms with Gasteiger partial charge in [-0.2, -0.15) is 0 Å². The predicted octanol–water partition coefficient (Wildman–Crippen LogP) is 7.62. The van der Waals surface area contributed by atoms with Crippen LogP contribution in [-0.2, 0) is 10.3 Å². The Balaban J connectivity index is 2.09. The van der Waals surface area contributed by atoms with E-state index in [1.807, 2.05) is 24.3 Å². The lowest BCUT2D eigenvalue weighted by Crippen LogP contribution is -2.34. The van der Waals surface area contributed by atoms with Gasteiger partial charge < -0.3 is 14.2 Å². The fourth-order valence-corrected chi connectivity index (χ4v) is 4.41. The monoisotopic (exact) mass is 446 g/mol. The molecule has 0 N–H and O–H groups in total. The van der Waals surface area contributed by atoms with Crippen molar-refractivity contribution in [1.82, 2.24) is 0 Å². The van der Waals surface area contributed by atoms with Crippen LogP contribution in [0, 0.1) is 5.92 Å². The second kappa shape index (κ2) is 12.5. The van der Waals surface area contributed by atoms with Crippen LogP contribution >= 0.6 is 0 Å². The van der Waals surface area contributed by atoms with Gasteiger partial charge >= 0.3 is 0 Å². The van der Waals surface area contributed by atoms with Crippen LogP contribution in [0.25, 0.3) is 0 Å². The summed E-state index contributed by atoms with van der Waals surface area (Å²) in [5.74, 6) is 2.19. The second-order valence-electron chi connectivity index (χ2n) is 8.59. The largest absolute Gasteiger partial charge is 0.497 e. The van der Waals surface area contributed by atoms with E-state index >= 15 is 0 Å². The Morgan fingerprint density at radius 2 is 1.18 bits per heavy atom. The van der Waals surface area contributed by atoms with Crippen molar-refractivity contribution in [2.45, 2.75) is 51.6 Å². The molecule has 1 atom stereocenters. The molecule has 0 saturated heterocycles. The Kier molecular flexibility index (Phi) is 9.38. The van der Waals surface area contributed by atoms with E-state index in [2.05, 4.69) is 68.4 Å². The Hall–Kier alpha value is -2.78.